The summed E-state index contributed by atoms with van der Waals surface area (Å²) >= 11 is 9.22. The van der Waals surface area contributed by atoms with E-state index >= 15 is 0 Å². The van der Waals surface area contributed by atoms with Gasteiger partial charge >= 0.3 is 0 Å². The van der Waals surface area contributed by atoms with E-state index in [9.17, 15) is 13.2 Å². The van der Waals surface area contributed by atoms with E-state index < -0.39 is 10.0 Å². The van der Waals surface area contributed by atoms with Gasteiger partial charge in [0.15, 0.2) is 0 Å². The summed E-state index contributed by atoms with van der Waals surface area (Å²) < 4.78 is 31.9. The molecule has 0 saturated carbocycles. The Balaban J connectivity index is 2.13. The first kappa shape index (κ1) is 17.7. The first-order chi connectivity index (χ1) is 10.3. The highest BCUT2D eigenvalue weighted by Crippen LogP contribution is 2.27. The topological polar surface area (TPSA) is 66.9 Å². The van der Waals surface area contributed by atoms with Gasteiger partial charge in [-0.1, -0.05) is 27.5 Å². The Kier molecular flexibility index (Phi) is 5.84. The fourth-order valence-electron chi connectivity index (χ4n) is 2.04. The molecule has 2 rings (SSSR count). The molecule has 0 N–H and O–H groups in total. The molecule has 1 aliphatic heterocycles. The first-order valence-electron chi connectivity index (χ1n) is 6.59. The number of hydrogen-bond acceptors (Lipinski definition) is 4. The van der Waals surface area contributed by atoms with Crippen molar-refractivity contribution in [3.8, 4) is 0 Å². The molecule has 1 aromatic carbocycles. The first-order valence-corrected chi connectivity index (χ1v) is 9.20. The van der Waals surface area contributed by atoms with E-state index in [0.29, 0.717) is 30.8 Å². The highest BCUT2D eigenvalue weighted by Gasteiger charge is 2.27. The van der Waals surface area contributed by atoms with E-state index in [4.69, 9.17) is 16.3 Å². The molecule has 0 bridgehead atoms. The number of halogens is 2. The van der Waals surface area contributed by atoms with Crippen molar-refractivity contribution in [2.75, 3.05) is 39.9 Å². The summed E-state index contributed by atoms with van der Waals surface area (Å²) in [7, 11) is -2.45. The van der Waals surface area contributed by atoms with Crippen LogP contribution in [-0.4, -0.2) is 63.4 Å². The number of morpholine rings is 1. The van der Waals surface area contributed by atoms with Gasteiger partial charge in [0, 0.05) is 24.6 Å². The predicted molar refractivity (Wildman–Crippen MR) is 86.4 cm³/mol. The molecule has 1 heterocycles. The van der Waals surface area contributed by atoms with Crippen molar-refractivity contribution in [2.45, 2.75) is 4.90 Å². The Morgan fingerprint density at radius 2 is 2.05 bits per heavy atom. The molecule has 0 aromatic heterocycles. The predicted octanol–water partition coefficient (Wildman–Crippen LogP) is 1.58. The number of benzene rings is 1. The normalized spacial score (nSPS) is 16.1. The van der Waals surface area contributed by atoms with Gasteiger partial charge < -0.3 is 9.64 Å². The quantitative estimate of drug-likeness (QED) is 0.754. The van der Waals surface area contributed by atoms with Crippen LogP contribution < -0.4 is 0 Å². The summed E-state index contributed by atoms with van der Waals surface area (Å²) in [4.78, 5) is 13.7. The molecule has 1 aromatic rings. The Bertz CT molecular complexity index is 662. The van der Waals surface area contributed by atoms with Gasteiger partial charge in [-0.3, -0.25) is 4.79 Å². The smallest absolute Gasteiger partial charge is 0.244 e. The lowest BCUT2D eigenvalue weighted by Crippen LogP contribution is -2.46. The largest absolute Gasteiger partial charge is 0.378 e. The molecule has 1 saturated heterocycles. The van der Waals surface area contributed by atoms with Gasteiger partial charge in [0.1, 0.15) is 4.90 Å². The molecule has 0 spiro atoms. The zero-order valence-electron chi connectivity index (χ0n) is 12.0. The average molecular weight is 412 g/mol. The van der Waals surface area contributed by atoms with Crippen molar-refractivity contribution in [3.63, 3.8) is 0 Å². The van der Waals surface area contributed by atoms with Gasteiger partial charge in [-0.25, -0.2) is 8.42 Å². The average Bonchev–Trinajstić information content (AvgIpc) is 2.47. The summed E-state index contributed by atoms with van der Waals surface area (Å²) in [5.74, 6) is -0.248. The Labute approximate surface area is 143 Å². The van der Waals surface area contributed by atoms with E-state index in [1.54, 1.807) is 11.0 Å². The zero-order chi connectivity index (χ0) is 16.3. The molecule has 0 unspecified atom stereocenters. The van der Waals surface area contributed by atoms with Crippen LogP contribution in [0.25, 0.3) is 0 Å². The van der Waals surface area contributed by atoms with E-state index in [2.05, 4.69) is 15.9 Å². The number of carbonyl (C=O) groups excluding carboxylic acids is 1. The fraction of sp³-hybridized carbons (Fsp3) is 0.462. The number of hydrogen-bond donors (Lipinski definition) is 0. The van der Waals surface area contributed by atoms with Crippen LogP contribution in [0.4, 0.5) is 0 Å². The molecule has 0 aliphatic carbocycles. The van der Waals surface area contributed by atoms with Crippen molar-refractivity contribution < 1.29 is 17.9 Å². The summed E-state index contributed by atoms with van der Waals surface area (Å²) in [5.41, 5.74) is 0. The third-order valence-electron chi connectivity index (χ3n) is 3.30. The highest BCUT2D eigenvalue weighted by molar-refractivity contribution is 9.10. The lowest BCUT2D eigenvalue weighted by Gasteiger charge is -2.28. The molecule has 22 heavy (non-hydrogen) atoms. The lowest BCUT2D eigenvalue weighted by atomic mass is 10.4. The Hall–Kier alpha value is -0.670. The Morgan fingerprint density at radius 1 is 1.41 bits per heavy atom. The van der Waals surface area contributed by atoms with Gasteiger partial charge in [0.25, 0.3) is 0 Å². The number of ether oxygens (including phenoxy) is 1. The number of carbonyl (C=O) groups is 1. The van der Waals surface area contributed by atoms with Gasteiger partial charge in [0.05, 0.1) is 24.8 Å². The number of likely N-dealkylation sites (N-methyl/N-ethyl adjacent to an activating group) is 1. The van der Waals surface area contributed by atoms with E-state index in [1.165, 1.54) is 19.2 Å². The molecule has 0 atom stereocenters. The second kappa shape index (κ2) is 7.27. The van der Waals surface area contributed by atoms with Crippen LogP contribution >= 0.6 is 27.5 Å². The second-order valence-electron chi connectivity index (χ2n) is 4.83. The maximum Gasteiger partial charge on any atom is 0.244 e. The van der Waals surface area contributed by atoms with E-state index in [-0.39, 0.29) is 22.4 Å². The van der Waals surface area contributed by atoms with Crippen LogP contribution in [0.1, 0.15) is 0 Å². The van der Waals surface area contributed by atoms with Crippen molar-refractivity contribution in [1.29, 1.82) is 0 Å². The molecule has 0 radical (unpaired) electrons. The molecule has 9 heteroatoms. The minimum absolute atomic E-state index is 0.0188. The molecule has 122 valence electrons. The zero-order valence-corrected chi connectivity index (χ0v) is 15.1. The van der Waals surface area contributed by atoms with Crippen LogP contribution in [0.3, 0.4) is 0 Å². The number of nitrogens with zero attached hydrogens (tertiary/aromatic N) is 2. The molecule has 6 nitrogen and oxygen atoms in total. The maximum absolute atomic E-state index is 12.5. The molecule has 1 fully saturated rings. The van der Waals surface area contributed by atoms with Crippen LogP contribution in [0, 0.1) is 0 Å². The van der Waals surface area contributed by atoms with Crippen molar-refractivity contribution in [3.05, 3.63) is 27.7 Å². The van der Waals surface area contributed by atoms with Crippen LogP contribution in [-0.2, 0) is 19.6 Å². The van der Waals surface area contributed by atoms with Gasteiger partial charge in [-0.15, -0.1) is 0 Å². The summed E-state index contributed by atoms with van der Waals surface area (Å²) in [6, 6.07) is 4.51. The SMILES string of the molecule is CN(CC(=O)N1CCOCC1)S(=O)(=O)c1ccc(Br)cc1Cl. The van der Waals surface area contributed by atoms with Crippen molar-refractivity contribution in [2.24, 2.45) is 0 Å². The third-order valence-corrected chi connectivity index (χ3v) is 6.08. The van der Waals surface area contributed by atoms with E-state index in [0.717, 1.165) is 4.31 Å². The number of amides is 1. The molecule has 1 amide bonds. The minimum atomic E-state index is -3.82. The van der Waals surface area contributed by atoms with Crippen LogP contribution in [0.2, 0.25) is 5.02 Å². The monoisotopic (exact) mass is 410 g/mol. The maximum atomic E-state index is 12.5. The standard InChI is InChI=1S/C13H16BrClN2O4S/c1-16(9-13(18)17-4-6-21-7-5-17)22(19,20)12-3-2-10(14)8-11(12)15/h2-3,8H,4-7,9H2,1H3. The van der Waals surface area contributed by atoms with Gasteiger partial charge in [0.2, 0.25) is 15.9 Å². The summed E-state index contributed by atoms with van der Waals surface area (Å²) in [6.07, 6.45) is 0. The van der Waals surface area contributed by atoms with Gasteiger partial charge in [-0.05, 0) is 18.2 Å². The summed E-state index contributed by atoms with van der Waals surface area (Å²) in [5, 5.41) is 0.111. The van der Waals surface area contributed by atoms with Crippen LogP contribution in [0.5, 0.6) is 0 Å². The molecule has 1 aliphatic rings. The van der Waals surface area contributed by atoms with Crippen LogP contribution in [0.15, 0.2) is 27.6 Å². The minimum Gasteiger partial charge on any atom is -0.378 e. The van der Waals surface area contributed by atoms with Crippen molar-refractivity contribution in [1.82, 2.24) is 9.21 Å². The number of rotatable bonds is 4. The van der Waals surface area contributed by atoms with Gasteiger partial charge in [-0.2, -0.15) is 4.31 Å². The molecular weight excluding hydrogens is 396 g/mol. The summed E-state index contributed by atoms with van der Waals surface area (Å²) in [6.45, 7) is 1.67. The second-order valence-corrected chi connectivity index (χ2v) is 8.17. The third kappa shape index (κ3) is 3.99. The number of sulfonamides is 1. The molecular formula is C13H16BrClN2O4S. The van der Waals surface area contributed by atoms with Crippen molar-refractivity contribution >= 4 is 43.5 Å². The van der Waals surface area contributed by atoms with E-state index in [1.807, 2.05) is 0 Å². The highest BCUT2D eigenvalue weighted by atomic mass is 79.9. The fourth-order valence-corrected chi connectivity index (χ4v) is 4.17. The lowest BCUT2D eigenvalue weighted by molar-refractivity contribution is -0.135. The Morgan fingerprint density at radius 3 is 2.64 bits per heavy atom.